The molecule has 3 aliphatic heterocycles. The molecule has 1 fully saturated rings. The molecule has 7 nitrogen and oxygen atoms in total. The summed E-state index contributed by atoms with van der Waals surface area (Å²) in [7, 11) is 0. The standard InChI is InChI=1S/C35H36N4O3/c1-2-41-30-16-14-25(15-17-30)9-5-6-20-39-34(40)32(42-35(39)37-31-13-4-3-10-29(31)24-36)23-26-21-27-11-7-18-38-19-8-12-28(22-26)33(27)38/h3-4,10,13-17,21-23H,2,5-9,11-12,18-20H2,1H3/b32-23+,37-35-. The van der Waals surface area contributed by atoms with E-state index >= 15 is 0 Å². The van der Waals surface area contributed by atoms with Gasteiger partial charge >= 0.3 is 6.02 Å². The summed E-state index contributed by atoms with van der Waals surface area (Å²) < 4.78 is 11.7. The van der Waals surface area contributed by atoms with Crippen molar-refractivity contribution < 1.29 is 14.3 Å². The molecule has 0 aliphatic carbocycles. The van der Waals surface area contributed by atoms with Crippen LogP contribution in [0.4, 0.5) is 11.4 Å². The van der Waals surface area contributed by atoms with Gasteiger partial charge < -0.3 is 14.4 Å². The summed E-state index contributed by atoms with van der Waals surface area (Å²) in [5.41, 5.74) is 7.27. The maximum Gasteiger partial charge on any atom is 0.305 e. The van der Waals surface area contributed by atoms with Crippen LogP contribution in [0.1, 0.15) is 60.4 Å². The summed E-state index contributed by atoms with van der Waals surface area (Å²) >= 11 is 0. The van der Waals surface area contributed by atoms with E-state index in [4.69, 9.17) is 9.47 Å². The normalized spacial score (nSPS) is 17.8. The van der Waals surface area contributed by atoms with Gasteiger partial charge in [-0.2, -0.15) is 10.3 Å². The van der Waals surface area contributed by atoms with Crippen molar-refractivity contribution in [2.75, 3.05) is 31.1 Å². The number of para-hydroxylation sites is 1. The number of nitriles is 1. The smallest absolute Gasteiger partial charge is 0.305 e. The molecular weight excluding hydrogens is 524 g/mol. The number of nitrogens with zero attached hydrogens (tertiary/aromatic N) is 4. The molecule has 0 unspecified atom stereocenters. The maximum absolute atomic E-state index is 13.7. The number of benzene rings is 3. The van der Waals surface area contributed by atoms with E-state index in [1.165, 1.54) is 22.4 Å². The first kappa shape index (κ1) is 27.6. The number of ether oxygens (including phenoxy) is 2. The minimum absolute atomic E-state index is 0.197. The fourth-order valence-electron chi connectivity index (χ4n) is 6.14. The number of amidine groups is 1. The van der Waals surface area contributed by atoms with E-state index in [1.807, 2.05) is 31.2 Å². The zero-order chi connectivity index (χ0) is 28.9. The van der Waals surface area contributed by atoms with Crippen molar-refractivity contribution in [2.24, 2.45) is 4.99 Å². The number of aryl methyl sites for hydroxylation is 3. The predicted molar refractivity (Wildman–Crippen MR) is 165 cm³/mol. The number of carbonyl (C=O) groups is 1. The molecule has 7 heteroatoms. The van der Waals surface area contributed by atoms with Crippen molar-refractivity contribution in [3.05, 3.63) is 94.2 Å². The Bertz CT molecular complexity index is 1540. The lowest BCUT2D eigenvalue weighted by Crippen LogP contribution is -2.34. The highest BCUT2D eigenvalue weighted by Crippen LogP contribution is 2.37. The van der Waals surface area contributed by atoms with E-state index in [0.29, 0.717) is 24.4 Å². The number of aliphatic imine (C=N–C) groups is 1. The lowest BCUT2D eigenvalue weighted by Gasteiger charge is -2.37. The number of anilines is 1. The summed E-state index contributed by atoms with van der Waals surface area (Å²) in [5.74, 6) is 0.946. The monoisotopic (exact) mass is 560 g/mol. The molecule has 0 aromatic heterocycles. The van der Waals surface area contributed by atoms with E-state index in [0.717, 1.165) is 69.3 Å². The van der Waals surface area contributed by atoms with Crippen LogP contribution in [0.15, 0.2) is 71.4 Å². The SMILES string of the molecule is CCOc1ccc(CCCCN2C(=O)/C(=C\c3cc4c5c(c3)CCCN5CCC4)O/C2=N\c2ccccc2C#N)cc1. The highest BCUT2D eigenvalue weighted by Gasteiger charge is 2.35. The molecule has 1 amide bonds. The van der Waals surface area contributed by atoms with Crippen LogP contribution in [0.3, 0.4) is 0 Å². The molecule has 3 aromatic carbocycles. The fraction of sp³-hybridized carbons (Fsp3) is 0.343. The number of rotatable bonds is 9. The van der Waals surface area contributed by atoms with Crippen LogP contribution in [0, 0.1) is 11.3 Å². The molecule has 42 heavy (non-hydrogen) atoms. The molecule has 0 bridgehead atoms. The van der Waals surface area contributed by atoms with Crippen LogP contribution >= 0.6 is 0 Å². The van der Waals surface area contributed by atoms with E-state index in [1.54, 1.807) is 23.1 Å². The highest BCUT2D eigenvalue weighted by molar-refractivity contribution is 6.11. The molecule has 3 aromatic rings. The van der Waals surface area contributed by atoms with Crippen molar-refractivity contribution in [1.82, 2.24) is 4.90 Å². The third-order valence-electron chi connectivity index (χ3n) is 8.11. The Labute approximate surface area is 247 Å². The second kappa shape index (κ2) is 12.5. The zero-order valence-corrected chi connectivity index (χ0v) is 24.1. The summed E-state index contributed by atoms with van der Waals surface area (Å²) in [6.45, 7) is 5.35. The van der Waals surface area contributed by atoms with Gasteiger partial charge in [-0.15, -0.1) is 0 Å². The Balaban J connectivity index is 1.23. The van der Waals surface area contributed by atoms with Crippen molar-refractivity contribution in [3.8, 4) is 11.8 Å². The predicted octanol–water partition coefficient (Wildman–Crippen LogP) is 6.57. The average Bonchev–Trinajstić information content (AvgIpc) is 3.29. The van der Waals surface area contributed by atoms with Crippen LogP contribution in [-0.2, 0) is 28.8 Å². The molecule has 0 atom stereocenters. The first-order chi connectivity index (χ1) is 20.6. The summed E-state index contributed by atoms with van der Waals surface area (Å²) in [6.07, 6.45) is 8.88. The maximum atomic E-state index is 13.7. The van der Waals surface area contributed by atoms with Crippen LogP contribution in [0.2, 0.25) is 0 Å². The van der Waals surface area contributed by atoms with Gasteiger partial charge in [0.05, 0.1) is 17.9 Å². The van der Waals surface area contributed by atoms with Crippen LogP contribution in [-0.4, -0.2) is 43.1 Å². The molecule has 0 spiro atoms. The highest BCUT2D eigenvalue weighted by atomic mass is 16.5. The second-order valence-electron chi connectivity index (χ2n) is 11.0. The van der Waals surface area contributed by atoms with Gasteiger partial charge in [-0.25, -0.2) is 0 Å². The minimum Gasteiger partial charge on any atom is -0.494 e. The molecular formula is C35H36N4O3. The average molecular weight is 561 g/mol. The molecule has 1 saturated heterocycles. The molecule has 0 N–H and O–H groups in total. The number of unbranched alkanes of at least 4 members (excludes halogenated alkanes) is 1. The van der Waals surface area contributed by atoms with E-state index in [2.05, 4.69) is 40.2 Å². The van der Waals surface area contributed by atoms with Crippen LogP contribution in [0.5, 0.6) is 5.75 Å². The van der Waals surface area contributed by atoms with E-state index < -0.39 is 0 Å². The summed E-state index contributed by atoms with van der Waals surface area (Å²) in [6, 6.07) is 22.1. The Morgan fingerprint density at radius 2 is 1.76 bits per heavy atom. The number of carbonyl (C=O) groups excluding carboxylic acids is 1. The van der Waals surface area contributed by atoms with Crippen molar-refractivity contribution in [2.45, 2.75) is 51.9 Å². The van der Waals surface area contributed by atoms with Gasteiger partial charge in [-0.05, 0) is 117 Å². The van der Waals surface area contributed by atoms with Crippen LogP contribution < -0.4 is 9.64 Å². The lowest BCUT2D eigenvalue weighted by atomic mass is 9.90. The second-order valence-corrected chi connectivity index (χ2v) is 11.0. The molecule has 3 heterocycles. The first-order valence-electron chi connectivity index (χ1n) is 15.0. The molecule has 0 saturated carbocycles. The molecule has 6 rings (SSSR count). The Morgan fingerprint density at radius 3 is 2.48 bits per heavy atom. The van der Waals surface area contributed by atoms with E-state index in [9.17, 15) is 10.1 Å². The lowest BCUT2D eigenvalue weighted by molar-refractivity contribution is -0.122. The Kier molecular flexibility index (Phi) is 8.23. The van der Waals surface area contributed by atoms with Gasteiger partial charge in [0.1, 0.15) is 11.8 Å². The van der Waals surface area contributed by atoms with Crippen molar-refractivity contribution in [3.63, 3.8) is 0 Å². The number of hydrogen-bond acceptors (Lipinski definition) is 6. The van der Waals surface area contributed by atoms with Gasteiger partial charge in [0.15, 0.2) is 5.76 Å². The van der Waals surface area contributed by atoms with Gasteiger partial charge in [0.2, 0.25) is 0 Å². The van der Waals surface area contributed by atoms with Crippen molar-refractivity contribution in [1.29, 1.82) is 5.26 Å². The van der Waals surface area contributed by atoms with Gasteiger partial charge in [0.25, 0.3) is 5.91 Å². The third kappa shape index (κ3) is 5.89. The summed E-state index contributed by atoms with van der Waals surface area (Å²) in [4.78, 5) is 22.5. The van der Waals surface area contributed by atoms with Crippen LogP contribution in [0.25, 0.3) is 6.08 Å². The molecule has 0 radical (unpaired) electrons. The third-order valence-corrected chi connectivity index (χ3v) is 8.11. The van der Waals surface area contributed by atoms with Crippen molar-refractivity contribution >= 4 is 29.4 Å². The van der Waals surface area contributed by atoms with Gasteiger partial charge in [-0.3, -0.25) is 9.69 Å². The number of hydrogen-bond donors (Lipinski definition) is 0. The topological polar surface area (TPSA) is 78.2 Å². The largest absolute Gasteiger partial charge is 0.494 e. The quantitative estimate of drug-likeness (QED) is 0.219. The fourth-order valence-corrected chi connectivity index (χ4v) is 6.14. The summed E-state index contributed by atoms with van der Waals surface area (Å²) in [5, 5.41) is 9.59. The number of amides is 1. The first-order valence-corrected chi connectivity index (χ1v) is 15.0. The zero-order valence-electron chi connectivity index (χ0n) is 24.1. The van der Waals surface area contributed by atoms with E-state index in [-0.39, 0.29) is 17.7 Å². The van der Waals surface area contributed by atoms with Gasteiger partial charge in [-0.1, -0.05) is 24.3 Å². The Hall–Kier alpha value is -4.57. The Morgan fingerprint density at radius 1 is 1.02 bits per heavy atom. The molecule has 214 valence electrons. The van der Waals surface area contributed by atoms with Gasteiger partial charge in [0, 0.05) is 25.3 Å². The molecule has 3 aliphatic rings. The minimum atomic E-state index is -0.197.